The molecule has 4 heteroatoms. The largest absolute Gasteiger partial charge is 0.872 e. The van der Waals surface area contributed by atoms with E-state index in [1.54, 1.807) is 0 Å². The quantitative estimate of drug-likeness (QED) is 0.732. The van der Waals surface area contributed by atoms with Gasteiger partial charge < -0.3 is 15.3 Å². The third kappa shape index (κ3) is 1.57. The molecule has 0 saturated heterocycles. The van der Waals surface area contributed by atoms with Crippen LogP contribution in [0.15, 0.2) is 30.3 Å². The van der Waals surface area contributed by atoms with E-state index in [1.807, 2.05) is 0 Å². The summed E-state index contributed by atoms with van der Waals surface area (Å²) in [4.78, 5) is 10.7. The molecule has 4 nitrogen and oxygen atoms in total. The number of fused-ring (bicyclic) bond motifs is 1. The maximum atomic E-state index is 11.5. The Morgan fingerprint density at radius 1 is 1.20 bits per heavy atom. The molecule has 76 valence electrons. The number of rotatable bonds is 1. The minimum atomic E-state index is -1.14. The van der Waals surface area contributed by atoms with Crippen molar-refractivity contribution in [1.29, 1.82) is 0 Å². The molecule has 0 aliphatic rings. The summed E-state index contributed by atoms with van der Waals surface area (Å²) in [5, 5.41) is 30.2. The van der Waals surface area contributed by atoms with Crippen molar-refractivity contribution >= 4 is 16.7 Å². The number of phenolic OH excluding ortho intramolecular Hbond substituents is 1. The number of hydrogen-bond donors (Lipinski definition) is 2. The Bertz CT molecular complexity index is 546. The number of aromatic carboxylic acids is 1. The predicted molar refractivity (Wildman–Crippen MR) is 52.0 cm³/mol. The number of carboxylic acid groups (broad SMARTS) is 1. The molecule has 2 rings (SSSR count). The van der Waals surface area contributed by atoms with Gasteiger partial charge in [0.25, 0.3) is 0 Å². The lowest BCUT2D eigenvalue weighted by Crippen LogP contribution is -1.99. The molecule has 0 heterocycles. The molecule has 0 aliphatic carbocycles. The van der Waals surface area contributed by atoms with E-state index in [4.69, 9.17) is 5.11 Å². The van der Waals surface area contributed by atoms with Crippen LogP contribution in [0.5, 0.6) is 11.5 Å². The molecule has 0 amide bonds. The molecule has 2 aromatic carbocycles. The predicted octanol–water partition coefficient (Wildman–Crippen LogP) is 1.32. The van der Waals surface area contributed by atoms with Gasteiger partial charge in [0.2, 0.25) is 0 Å². The van der Waals surface area contributed by atoms with Crippen LogP contribution < -0.4 is 5.11 Å². The Hall–Kier alpha value is -2.23. The second kappa shape index (κ2) is 3.16. The molecule has 0 aliphatic heterocycles. The van der Waals surface area contributed by atoms with E-state index >= 15 is 0 Å². The second-order valence-electron chi connectivity index (χ2n) is 3.18. The molecule has 0 aromatic heterocycles. The van der Waals surface area contributed by atoms with E-state index in [2.05, 4.69) is 0 Å². The van der Waals surface area contributed by atoms with Gasteiger partial charge in [0, 0.05) is 0 Å². The van der Waals surface area contributed by atoms with Crippen LogP contribution in [0, 0.1) is 0 Å². The first kappa shape index (κ1) is 9.33. The van der Waals surface area contributed by atoms with Gasteiger partial charge in [-0.15, -0.1) is 5.75 Å². The summed E-state index contributed by atoms with van der Waals surface area (Å²) in [7, 11) is 0. The minimum absolute atomic E-state index is 0.0114. The maximum Gasteiger partial charge on any atom is 0.335 e. The zero-order valence-corrected chi connectivity index (χ0v) is 7.60. The summed E-state index contributed by atoms with van der Waals surface area (Å²) in [6.45, 7) is 0. The van der Waals surface area contributed by atoms with E-state index in [0.717, 1.165) is 6.07 Å². The second-order valence-corrected chi connectivity index (χ2v) is 3.18. The fourth-order valence-electron chi connectivity index (χ4n) is 1.44. The fourth-order valence-corrected chi connectivity index (χ4v) is 1.44. The molecular weight excluding hydrogens is 196 g/mol. The van der Waals surface area contributed by atoms with Crippen LogP contribution in [0.1, 0.15) is 10.4 Å². The van der Waals surface area contributed by atoms with Crippen LogP contribution in [-0.4, -0.2) is 16.2 Å². The van der Waals surface area contributed by atoms with Gasteiger partial charge in [-0.2, -0.15) is 0 Å². The van der Waals surface area contributed by atoms with Crippen LogP contribution in [0.2, 0.25) is 0 Å². The Morgan fingerprint density at radius 3 is 2.60 bits per heavy atom. The fraction of sp³-hybridized carbons (Fsp3) is 0. The van der Waals surface area contributed by atoms with Gasteiger partial charge >= 0.3 is 5.97 Å². The number of carboxylic acids is 1. The van der Waals surface area contributed by atoms with Crippen LogP contribution >= 0.6 is 0 Å². The number of benzene rings is 2. The van der Waals surface area contributed by atoms with E-state index in [1.165, 1.54) is 24.3 Å². The lowest BCUT2D eigenvalue weighted by Gasteiger charge is -2.11. The maximum absolute atomic E-state index is 11.5. The molecule has 0 fully saturated rings. The first-order chi connectivity index (χ1) is 7.08. The third-order valence-electron chi connectivity index (χ3n) is 2.15. The normalized spacial score (nSPS) is 10.4. The highest BCUT2D eigenvalue weighted by atomic mass is 16.4. The van der Waals surface area contributed by atoms with Crippen molar-refractivity contribution in [2.24, 2.45) is 0 Å². The zero-order valence-electron chi connectivity index (χ0n) is 7.60. The molecular formula is C11H7O4-. The van der Waals surface area contributed by atoms with E-state index in [-0.39, 0.29) is 11.3 Å². The van der Waals surface area contributed by atoms with Crippen LogP contribution in [0.3, 0.4) is 0 Å². The first-order valence-electron chi connectivity index (χ1n) is 4.25. The van der Waals surface area contributed by atoms with Gasteiger partial charge in [-0.1, -0.05) is 12.1 Å². The summed E-state index contributed by atoms with van der Waals surface area (Å²) in [5.74, 6) is -1.55. The zero-order chi connectivity index (χ0) is 11.0. The van der Waals surface area contributed by atoms with E-state index < -0.39 is 11.7 Å². The topological polar surface area (TPSA) is 80.6 Å². The molecule has 0 unspecified atom stereocenters. The van der Waals surface area contributed by atoms with Crippen LogP contribution in [0.4, 0.5) is 0 Å². The summed E-state index contributed by atoms with van der Waals surface area (Å²) in [6, 6.07) is 6.69. The molecule has 2 aromatic rings. The standard InChI is InChI=1S/C11H8O4/c12-8-2-1-6-3-7(11(14)15)4-10(13)9(6)5-8/h1-5,12-13H,(H,14,15)/p-1. The summed E-state index contributed by atoms with van der Waals surface area (Å²) in [5.41, 5.74) is -0.0433. The molecule has 0 radical (unpaired) electrons. The Morgan fingerprint density at radius 2 is 1.93 bits per heavy atom. The van der Waals surface area contributed by atoms with Crippen molar-refractivity contribution in [3.63, 3.8) is 0 Å². The highest BCUT2D eigenvalue weighted by Gasteiger charge is 2.04. The number of aromatic hydroxyl groups is 1. The highest BCUT2D eigenvalue weighted by molar-refractivity contribution is 5.97. The van der Waals surface area contributed by atoms with Crippen molar-refractivity contribution < 1.29 is 20.1 Å². The van der Waals surface area contributed by atoms with Gasteiger partial charge in [0.05, 0.1) is 5.56 Å². The monoisotopic (exact) mass is 203 g/mol. The average molecular weight is 203 g/mol. The number of carbonyl (C=O) groups is 1. The molecule has 0 spiro atoms. The molecule has 0 atom stereocenters. The highest BCUT2D eigenvalue weighted by Crippen LogP contribution is 2.27. The van der Waals surface area contributed by atoms with E-state index in [9.17, 15) is 15.0 Å². The number of hydrogen-bond acceptors (Lipinski definition) is 3. The van der Waals surface area contributed by atoms with Crippen LogP contribution in [0.25, 0.3) is 10.8 Å². The SMILES string of the molecule is O=C(O)c1cc([O-])c2cc(O)ccc2c1. The van der Waals surface area contributed by atoms with Crippen molar-refractivity contribution in [3.05, 3.63) is 35.9 Å². The Balaban J connectivity index is 2.78. The van der Waals surface area contributed by atoms with Gasteiger partial charge in [0.1, 0.15) is 5.75 Å². The molecule has 15 heavy (non-hydrogen) atoms. The van der Waals surface area contributed by atoms with E-state index in [0.29, 0.717) is 10.8 Å². The lowest BCUT2D eigenvalue weighted by molar-refractivity contribution is -0.265. The molecule has 0 bridgehead atoms. The number of phenols is 1. The van der Waals surface area contributed by atoms with Gasteiger partial charge in [0.15, 0.2) is 0 Å². The smallest absolute Gasteiger partial charge is 0.335 e. The average Bonchev–Trinajstić information content (AvgIpc) is 2.18. The third-order valence-corrected chi connectivity index (χ3v) is 2.15. The lowest BCUT2D eigenvalue weighted by atomic mass is 10.1. The first-order valence-corrected chi connectivity index (χ1v) is 4.25. The van der Waals surface area contributed by atoms with Crippen molar-refractivity contribution in [2.45, 2.75) is 0 Å². The van der Waals surface area contributed by atoms with Gasteiger partial charge in [-0.25, -0.2) is 4.79 Å². The molecule has 0 saturated carbocycles. The minimum Gasteiger partial charge on any atom is -0.872 e. The van der Waals surface area contributed by atoms with Crippen molar-refractivity contribution in [1.82, 2.24) is 0 Å². The Kier molecular flexibility index (Phi) is 1.97. The summed E-state index contributed by atoms with van der Waals surface area (Å²) in [6.07, 6.45) is 0. The van der Waals surface area contributed by atoms with Gasteiger partial charge in [-0.05, 0) is 29.0 Å². The van der Waals surface area contributed by atoms with Gasteiger partial charge in [-0.3, -0.25) is 0 Å². The van der Waals surface area contributed by atoms with Crippen molar-refractivity contribution in [3.8, 4) is 11.5 Å². The summed E-state index contributed by atoms with van der Waals surface area (Å²) >= 11 is 0. The Labute approximate surface area is 85.0 Å². The molecule has 2 N–H and O–H groups in total. The summed E-state index contributed by atoms with van der Waals surface area (Å²) < 4.78 is 0. The van der Waals surface area contributed by atoms with Crippen LogP contribution in [-0.2, 0) is 0 Å². The van der Waals surface area contributed by atoms with Crippen molar-refractivity contribution in [2.75, 3.05) is 0 Å².